The molecule has 2 aromatic carbocycles. The number of anilines is 2. The molecule has 2 aromatic rings. The van der Waals surface area contributed by atoms with Gasteiger partial charge in [-0.25, -0.2) is 8.42 Å². The molecule has 1 fully saturated rings. The van der Waals surface area contributed by atoms with Crippen molar-refractivity contribution in [1.82, 2.24) is 5.32 Å². The molecule has 0 amide bonds. The first-order chi connectivity index (χ1) is 13.0. The molecule has 152 valence electrons. The molecule has 1 heterocycles. The maximum atomic E-state index is 12.4. The van der Waals surface area contributed by atoms with Crippen LogP contribution in [0.1, 0.15) is 30.0 Å². The van der Waals surface area contributed by atoms with E-state index < -0.39 is 9.84 Å². The molecule has 28 heavy (non-hydrogen) atoms. The van der Waals surface area contributed by atoms with Gasteiger partial charge in [0, 0.05) is 38.1 Å². The van der Waals surface area contributed by atoms with Crippen LogP contribution in [-0.4, -0.2) is 40.9 Å². The van der Waals surface area contributed by atoms with E-state index in [2.05, 4.69) is 39.8 Å². The van der Waals surface area contributed by atoms with Gasteiger partial charge in [-0.15, -0.1) is 12.4 Å². The maximum absolute atomic E-state index is 12.4. The van der Waals surface area contributed by atoms with E-state index in [0.29, 0.717) is 4.90 Å². The molecule has 0 radical (unpaired) electrons. The second-order valence-corrected chi connectivity index (χ2v) is 9.46. The largest absolute Gasteiger partial charge is 0.377 e. The van der Waals surface area contributed by atoms with E-state index in [0.717, 1.165) is 56.8 Å². The third kappa shape index (κ3) is 4.45. The summed E-state index contributed by atoms with van der Waals surface area (Å²) in [6.07, 6.45) is 4.50. The Morgan fingerprint density at radius 2 is 1.86 bits per heavy atom. The molecule has 1 aliphatic carbocycles. The zero-order valence-electron chi connectivity index (χ0n) is 16.1. The van der Waals surface area contributed by atoms with Crippen molar-refractivity contribution in [2.45, 2.75) is 30.2 Å². The Labute approximate surface area is 173 Å². The summed E-state index contributed by atoms with van der Waals surface area (Å²) in [5, 5.41) is 6.93. The third-order valence-electron chi connectivity index (χ3n) is 5.54. The molecule has 0 aromatic heterocycles. The first kappa shape index (κ1) is 21.0. The van der Waals surface area contributed by atoms with Crippen LogP contribution < -0.4 is 15.5 Å². The van der Waals surface area contributed by atoms with Crippen LogP contribution in [0, 0.1) is 0 Å². The second-order valence-electron chi connectivity index (χ2n) is 7.48. The van der Waals surface area contributed by atoms with E-state index in [1.54, 1.807) is 6.07 Å². The zero-order chi connectivity index (χ0) is 18.9. The van der Waals surface area contributed by atoms with Crippen molar-refractivity contribution >= 4 is 33.6 Å². The lowest BCUT2D eigenvalue weighted by Gasteiger charge is -2.31. The molecule has 2 aliphatic rings. The van der Waals surface area contributed by atoms with Crippen molar-refractivity contribution in [2.24, 2.45) is 0 Å². The maximum Gasteiger partial charge on any atom is 0.177 e. The number of rotatable bonds is 4. The number of halogens is 1. The summed E-state index contributed by atoms with van der Waals surface area (Å²) < 4.78 is 24.7. The molecular weight excluding hydrogens is 394 g/mol. The Kier molecular flexibility index (Phi) is 6.53. The molecule has 2 N–H and O–H groups in total. The molecule has 7 heteroatoms. The Bertz CT molecular complexity index is 927. The molecule has 4 rings (SSSR count). The van der Waals surface area contributed by atoms with Crippen LogP contribution in [0.2, 0.25) is 0 Å². The second kappa shape index (κ2) is 8.72. The van der Waals surface area contributed by atoms with E-state index in [4.69, 9.17) is 0 Å². The van der Waals surface area contributed by atoms with Crippen molar-refractivity contribution in [3.8, 4) is 0 Å². The Morgan fingerprint density at radius 1 is 1.11 bits per heavy atom. The van der Waals surface area contributed by atoms with Gasteiger partial charge < -0.3 is 15.5 Å². The first-order valence-corrected chi connectivity index (χ1v) is 11.6. The molecule has 1 saturated heterocycles. The minimum atomic E-state index is -3.30. The average molecular weight is 422 g/mol. The summed E-state index contributed by atoms with van der Waals surface area (Å²) in [6.45, 7) is 3.77. The van der Waals surface area contributed by atoms with Crippen LogP contribution in [-0.2, 0) is 16.3 Å². The number of nitrogens with one attached hydrogen (secondary N) is 2. The SMILES string of the molecule is CS(=O)(=O)c1ccc(N2CCNCC2)cc1NC1CCCc2ccccc21.Cl. The third-order valence-corrected chi connectivity index (χ3v) is 6.70. The fourth-order valence-electron chi connectivity index (χ4n) is 4.17. The smallest absolute Gasteiger partial charge is 0.177 e. The number of aryl methyl sites for hydroxylation is 1. The van der Waals surface area contributed by atoms with Gasteiger partial charge in [-0.1, -0.05) is 24.3 Å². The van der Waals surface area contributed by atoms with Gasteiger partial charge in [0.2, 0.25) is 0 Å². The van der Waals surface area contributed by atoms with Crippen molar-refractivity contribution < 1.29 is 8.42 Å². The molecule has 1 aliphatic heterocycles. The summed E-state index contributed by atoms with van der Waals surface area (Å²) in [4.78, 5) is 2.69. The number of hydrogen-bond acceptors (Lipinski definition) is 5. The predicted molar refractivity (Wildman–Crippen MR) is 118 cm³/mol. The molecule has 1 atom stereocenters. The Balaban J connectivity index is 0.00000225. The summed E-state index contributed by atoms with van der Waals surface area (Å²) in [5.74, 6) is 0. The summed E-state index contributed by atoms with van der Waals surface area (Å²) >= 11 is 0. The van der Waals surface area contributed by atoms with Crippen LogP contribution in [0.25, 0.3) is 0 Å². The van der Waals surface area contributed by atoms with Gasteiger partial charge >= 0.3 is 0 Å². The predicted octanol–water partition coefficient (Wildman–Crippen LogP) is 3.41. The Hall–Kier alpha value is -1.76. The van der Waals surface area contributed by atoms with E-state index in [-0.39, 0.29) is 18.4 Å². The van der Waals surface area contributed by atoms with Gasteiger partial charge in [-0.3, -0.25) is 0 Å². The van der Waals surface area contributed by atoms with E-state index in [1.807, 2.05) is 12.1 Å². The minimum absolute atomic E-state index is 0. The lowest BCUT2D eigenvalue weighted by Crippen LogP contribution is -2.43. The highest BCUT2D eigenvalue weighted by Crippen LogP contribution is 2.36. The highest BCUT2D eigenvalue weighted by atomic mass is 35.5. The quantitative estimate of drug-likeness (QED) is 0.792. The van der Waals surface area contributed by atoms with E-state index in [1.165, 1.54) is 17.4 Å². The average Bonchev–Trinajstić information content (AvgIpc) is 2.68. The molecule has 0 saturated carbocycles. The number of sulfone groups is 1. The fourth-order valence-corrected chi connectivity index (χ4v) is 5.00. The fraction of sp³-hybridized carbons (Fsp3) is 0.429. The van der Waals surface area contributed by atoms with Crippen LogP contribution in [0.5, 0.6) is 0 Å². The number of hydrogen-bond donors (Lipinski definition) is 2. The standard InChI is InChI=1S/C21H27N3O2S.ClH/c1-27(25,26)21-10-9-17(24-13-11-22-12-14-24)15-20(21)23-19-8-4-6-16-5-2-3-7-18(16)19;/h2-3,5,7,9-10,15,19,22-23H,4,6,8,11-14H2,1H3;1H. The Morgan fingerprint density at radius 3 is 2.61 bits per heavy atom. The van der Waals surface area contributed by atoms with Gasteiger partial charge in [0.05, 0.1) is 16.6 Å². The van der Waals surface area contributed by atoms with Crippen LogP contribution in [0.15, 0.2) is 47.4 Å². The lowest BCUT2D eigenvalue weighted by molar-refractivity contribution is 0.587. The highest BCUT2D eigenvalue weighted by Gasteiger charge is 2.23. The normalized spacial score (nSPS) is 19.5. The van der Waals surface area contributed by atoms with Gasteiger partial charge in [-0.05, 0) is 48.6 Å². The van der Waals surface area contributed by atoms with Crippen molar-refractivity contribution in [3.05, 3.63) is 53.6 Å². The molecule has 0 spiro atoms. The van der Waals surface area contributed by atoms with Crippen LogP contribution >= 0.6 is 12.4 Å². The van der Waals surface area contributed by atoms with Crippen LogP contribution in [0.3, 0.4) is 0 Å². The number of benzene rings is 2. The van der Waals surface area contributed by atoms with Gasteiger partial charge in [0.25, 0.3) is 0 Å². The van der Waals surface area contributed by atoms with Crippen molar-refractivity contribution in [1.29, 1.82) is 0 Å². The molecule has 0 bridgehead atoms. The zero-order valence-corrected chi connectivity index (χ0v) is 17.8. The van der Waals surface area contributed by atoms with Crippen molar-refractivity contribution in [3.63, 3.8) is 0 Å². The van der Waals surface area contributed by atoms with Crippen LogP contribution in [0.4, 0.5) is 11.4 Å². The highest BCUT2D eigenvalue weighted by molar-refractivity contribution is 7.90. The lowest BCUT2D eigenvalue weighted by atomic mass is 9.87. The molecule has 5 nitrogen and oxygen atoms in total. The summed E-state index contributed by atoms with van der Waals surface area (Å²) in [6, 6.07) is 14.3. The monoisotopic (exact) mass is 421 g/mol. The molecule has 1 unspecified atom stereocenters. The number of fused-ring (bicyclic) bond motifs is 1. The molecular formula is C21H28ClN3O2S. The van der Waals surface area contributed by atoms with Gasteiger partial charge in [-0.2, -0.15) is 0 Å². The minimum Gasteiger partial charge on any atom is -0.377 e. The van der Waals surface area contributed by atoms with E-state index >= 15 is 0 Å². The van der Waals surface area contributed by atoms with Gasteiger partial charge in [0.15, 0.2) is 9.84 Å². The number of piperazine rings is 1. The summed E-state index contributed by atoms with van der Waals surface area (Å²) in [7, 11) is -3.30. The number of nitrogens with zero attached hydrogens (tertiary/aromatic N) is 1. The summed E-state index contributed by atoms with van der Waals surface area (Å²) in [5.41, 5.74) is 4.45. The van der Waals surface area contributed by atoms with E-state index in [9.17, 15) is 8.42 Å². The first-order valence-electron chi connectivity index (χ1n) is 9.66. The topological polar surface area (TPSA) is 61.4 Å². The van der Waals surface area contributed by atoms with Crippen molar-refractivity contribution in [2.75, 3.05) is 42.7 Å². The van der Waals surface area contributed by atoms with Gasteiger partial charge in [0.1, 0.15) is 0 Å².